The molecule has 2 aromatic carbocycles. The first-order chi connectivity index (χ1) is 14.1. The van der Waals surface area contributed by atoms with Crippen LogP contribution in [0.15, 0.2) is 48.5 Å². The summed E-state index contributed by atoms with van der Waals surface area (Å²) in [6.45, 7) is 0.266. The fourth-order valence-corrected chi connectivity index (χ4v) is 2.77. The van der Waals surface area contributed by atoms with Crippen LogP contribution < -0.4 is 25.8 Å². The van der Waals surface area contributed by atoms with Gasteiger partial charge in [0.1, 0.15) is 6.54 Å². The summed E-state index contributed by atoms with van der Waals surface area (Å²) in [4.78, 5) is 24.5. The Morgan fingerprint density at radius 2 is 1.90 bits per heavy atom. The van der Waals surface area contributed by atoms with E-state index in [1.807, 2.05) is 24.3 Å². The molecule has 0 bridgehead atoms. The second-order valence-corrected chi connectivity index (χ2v) is 6.27. The quantitative estimate of drug-likeness (QED) is 0.571. The lowest BCUT2D eigenvalue weighted by Gasteiger charge is -2.07. The minimum Gasteiger partial charge on any atom is -0.454 e. The number of carbonyl (C=O) groups is 2. The van der Waals surface area contributed by atoms with E-state index in [-0.39, 0.29) is 37.3 Å². The van der Waals surface area contributed by atoms with E-state index in [2.05, 4.69) is 20.9 Å². The number of carbonyl (C=O) groups excluding carboxylic acids is 2. The number of hydrogen-bond acceptors (Lipinski definition) is 7. The SMILES string of the molecule is Nc1c(C(=O)NCc2ccc3c(c2)OCO3)nnn1CC(=O)Nc1ccccc1. The van der Waals surface area contributed by atoms with E-state index in [1.165, 1.54) is 4.68 Å². The lowest BCUT2D eigenvalue weighted by atomic mass is 10.2. The number of nitrogen functional groups attached to an aromatic ring is 1. The van der Waals surface area contributed by atoms with Crippen LogP contribution in [0.25, 0.3) is 0 Å². The molecule has 0 radical (unpaired) electrons. The molecule has 1 aliphatic rings. The first-order valence-electron chi connectivity index (χ1n) is 8.81. The van der Waals surface area contributed by atoms with Crippen LogP contribution in [0.3, 0.4) is 0 Å². The van der Waals surface area contributed by atoms with Crippen LogP contribution in [0.1, 0.15) is 16.1 Å². The summed E-state index contributed by atoms with van der Waals surface area (Å²) in [6, 6.07) is 14.4. The maximum absolute atomic E-state index is 12.4. The Kier molecular flexibility index (Phi) is 4.97. The molecule has 10 nitrogen and oxygen atoms in total. The average molecular weight is 394 g/mol. The van der Waals surface area contributed by atoms with Gasteiger partial charge in [-0.15, -0.1) is 5.10 Å². The third-order valence-corrected chi connectivity index (χ3v) is 4.23. The summed E-state index contributed by atoms with van der Waals surface area (Å²) < 4.78 is 11.7. The molecule has 0 aliphatic carbocycles. The first kappa shape index (κ1) is 18.3. The molecule has 1 aliphatic heterocycles. The number of benzene rings is 2. The van der Waals surface area contributed by atoms with Gasteiger partial charge >= 0.3 is 0 Å². The molecular formula is C19H18N6O4. The molecule has 0 saturated carbocycles. The molecule has 2 amide bonds. The van der Waals surface area contributed by atoms with Crippen molar-refractivity contribution in [3.8, 4) is 11.5 Å². The zero-order chi connectivity index (χ0) is 20.2. The lowest BCUT2D eigenvalue weighted by molar-refractivity contribution is -0.116. The molecule has 0 unspecified atom stereocenters. The Balaban J connectivity index is 1.36. The Labute approximate surface area is 165 Å². The second kappa shape index (κ2) is 7.89. The predicted molar refractivity (Wildman–Crippen MR) is 103 cm³/mol. The first-order valence-corrected chi connectivity index (χ1v) is 8.81. The topological polar surface area (TPSA) is 133 Å². The van der Waals surface area contributed by atoms with Crippen LogP contribution in [-0.4, -0.2) is 33.6 Å². The highest BCUT2D eigenvalue weighted by molar-refractivity contribution is 5.96. The van der Waals surface area contributed by atoms with Gasteiger partial charge in [-0.05, 0) is 29.8 Å². The van der Waals surface area contributed by atoms with E-state index in [9.17, 15) is 9.59 Å². The molecule has 29 heavy (non-hydrogen) atoms. The van der Waals surface area contributed by atoms with Crippen LogP contribution in [0.2, 0.25) is 0 Å². The largest absolute Gasteiger partial charge is 0.454 e. The summed E-state index contributed by atoms with van der Waals surface area (Å²) in [5.41, 5.74) is 7.39. The number of hydrogen-bond donors (Lipinski definition) is 3. The number of anilines is 2. The molecule has 0 saturated heterocycles. The summed E-state index contributed by atoms with van der Waals surface area (Å²) in [5.74, 6) is 0.485. The van der Waals surface area contributed by atoms with E-state index in [4.69, 9.17) is 15.2 Å². The van der Waals surface area contributed by atoms with Gasteiger partial charge < -0.3 is 25.8 Å². The molecule has 3 aromatic rings. The average Bonchev–Trinajstić information content (AvgIpc) is 3.33. The van der Waals surface area contributed by atoms with Crippen molar-refractivity contribution in [2.45, 2.75) is 13.1 Å². The Morgan fingerprint density at radius 1 is 1.10 bits per heavy atom. The molecule has 4 N–H and O–H groups in total. The van der Waals surface area contributed by atoms with Crippen LogP contribution in [0, 0.1) is 0 Å². The minimum absolute atomic E-state index is 0.0106. The molecular weight excluding hydrogens is 376 g/mol. The van der Waals surface area contributed by atoms with Crippen molar-refractivity contribution in [2.75, 3.05) is 17.8 Å². The van der Waals surface area contributed by atoms with Crippen molar-refractivity contribution in [3.05, 3.63) is 59.8 Å². The van der Waals surface area contributed by atoms with Gasteiger partial charge in [0.25, 0.3) is 5.91 Å². The molecule has 10 heteroatoms. The van der Waals surface area contributed by atoms with Crippen molar-refractivity contribution < 1.29 is 19.1 Å². The van der Waals surface area contributed by atoms with Gasteiger partial charge in [0.2, 0.25) is 12.7 Å². The Morgan fingerprint density at radius 3 is 2.72 bits per heavy atom. The minimum atomic E-state index is -0.491. The zero-order valence-corrected chi connectivity index (χ0v) is 15.3. The smallest absolute Gasteiger partial charge is 0.275 e. The molecule has 0 atom stereocenters. The Bertz CT molecular complexity index is 1050. The van der Waals surface area contributed by atoms with Crippen molar-refractivity contribution in [3.63, 3.8) is 0 Å². The molecule has 148 valence electrons. The number of aromatic nitrogens is 3. The highest BCUT2D eigenvalue weighted by Gasteiger charge is 2.19. The number of nitrogens with zero attached hydrogens (tertiary/aromatic N) is 3. The molecule has 0 fully saturated rings. The van der Waals surface area contributed by atoms with Gasteiger partial charge in [-0.3, -0.25) is 9.59 Å². The maximum atomic E-state index is 12.4. The van der Waals surface area contributed by atoms with Crippen LogP contribution in [0.5, 0.6) is 11.5 Å². The maximum Gasteiger partial charge on any atom is 0.275 e. The molecule has 4 rings (SSSR count). The summed E-state index contributed by atoms with van der Waals surface area (Å²) in [5, 5.41) is 13.0. The van der Waals surface area contributed by atoms with Crippen molar-refractivity contribution in [2.24, 2.45) is 0 Å². The fourth-order valence-electron chi connectivity index (χ4n) is 2.77. The van der Waals surface area contributed by atoms with Crippen LogP contribution >= 0.6 is 0 Å². The van der Waals surface area contributed by atoms with E-state index in [0.717, 1.165) is 5.56 Å². The predicted octanol–water partition coefficient (Wildman–Crippen LogP) is 1.16. The molecule has 1 aromatic heterocycles. The molecule has 0 spiro atoms. The number of nitrogens with one attached hydrogen (secondary N) is 2. The second-order valence-electron chi connectivity index (χ2n) is 6.27. The van der Waals surface area contributed by atoms with Crippen molar-refractivity contribution >= 4 is 23.3 Å². The number of nitrogens with two attached hydrogens (primary N) is 1. The highest BCUT2D eigenvalue weighted by atomic mass is 16.7. The zero-order valence-electron chi connectivity index (χ0n) is 15.3. The third kappa shape index (κ3) is 4.10. The van der Waals surface area contributed by atoms with Gasteiger partial charge in [0, 0.05) is 12.2 Å². The van der Waals surface area contributed by atoms with Crippen molar-refractivity contribution in [1.82, 2.24) is 20.3 Å². The van der Waals surface area contributed by atoms with E-state index in [0.29, 0.717) is 17.2 Å². The van der Waals surface area contributed by atoms with Gasteiger partial charge in [-0.1, -0.05) is 29.5 Å². The summed E-state index contributed by atoms with van der Waals surface area (Å²) >= 11 is 0. The summed E-state index contributed by atoms with van der Waals surface area (Å²) in [7, 11) is 0. The number of rotatable bonds is 6. The standard InChI is InChI=1S/C19H18N6O4/c20-18-17(19(27)21-9-12-6-7-14-15(8-12)29-11-28-14)23-24-25(18)10-16(26)22-13-4-2-1-3-5-13/h1-8H,9-11,20H2,(H,21,27)(H,22,26). The number of para-hydroxylation sites is 1. The fraction of sp³-hybridized carbons (Fsp3) is 0.158. The number of amides is 2. The van der Waals surface area contributed by atoms with Gasteiger partial charge in [0.05, 0.1) is 0 Å². The Hall–Kier alpha value is -4.08. The van der Waals surface area contributed by atoms with Gasteiger partial charge in [0.15, 0.2) is 23.0 Å². The van der Waals surface area contributed by atoms with Crippen LogP contribution in [-0.2, 0) is 17.9 Å². The van der Waals surface area contributed by atoms with E-state index < -0.39 is 5.91 Å². The van der Waals surface area contributed by atoms with Gasteiger partial charge in [-0.2, -0.15) is 0 Å². The molecule has 2 heterocycles. The van der Waals surface area contributed by atoms with Crippen molar-refractivity contribution in [1.29, 1.82) is 0 Å². The van der Waals surface area contributed by atoms with Gasteiger partial charge in [-0.25, -0.2) is 4.68 Å². The monoisotopic (exact) mass is 394 g/mol. The third-order valence-electron chi connectivity index (χ3n) is 4.23. The normalized spacial score (nSPS) is 11.9. The van der Waals surface area contributed by atoms with E-state index in [1.54, 1.807) is 24.3 Å². The highest BCUT2D eigenvalue weighted by Crippen LogP contribution is 2.32. The lowest BCUT2D eigenvalue weighted by Crippen LogP contribution is -2.25. The number of ether oxygens (including phenoxy) is 2. The summed E-state index contributed by atoms with van der Waals surface area (Å²) in [6.07, 6.45) is 0. The van der Waals surface area contributed by atoms with Crippen LogP contribution in [0.4, 0.5) is 11.5 Å². The number of fused-ring (bicyclic) bond motifs is 1. The van der Waals surface area contributed by atoms with E-state index >= 15 is 0 Å².